The van der Waals surface area contributed by atoms with Crippen molar-refractivity contribution in [1.82, 2.24) is 4.90 Å². The van der Waals surface area contributed by atoms with E-state index in [2.05, 4.69) is 42.6 Å². The second-order valence-corrected chi connectivity index (χ2v) is 6.28. The Labute approximate surface area is 134 Å². The Morgan fingerprint density at radius 1 is 1.23 bits per heavy atom. The van der Waals surface area contributed by atoms with Gasteiger partial charge in [0, 0.05) is 6.42 Å². The van der Waals surface area contributed by atoms with E-state index in [9.17, 15) is 0 Å². The first kappa shape index (κ1) is 16.8. The van der Waals surface area contributed by atoms with Crippen LogP contribution in [0.2, 0.25) is 0 Å². The maximum absolute atomic E-state index is 5.56. The smallest absolute Gasteiger partial charge is 0.127 e. The Morgan fingerprint density at radius 3 is 2.55 bits per heavy atom. The second-order valence-electron chi connectivity index (χ2n) is 6.28. The van der Waals surface area contributed by atoms with Crippen molar-refractivity contribution in [3.8, 4) is 0 Å². The Balaban J connectivity index is 1.81. The summed E-state index contributed by atoms with van der Waals surface area (Å²) in [5.74, 6) is 1.08. The van der Waals surface area contributed by atoms with Gasteiger partial charge in [-0.1, -0.05) is 55.9 Å². The molecule has 1 heterocycles. The molecule has 0 atom stereocenters. The van der Waals surface area contributed by atoms with Gasteiger partial charge in [0.15, 0.2) is 0 Å². The van der Waals surface area contributed by atoms with Crippen LogP contribution in [0.5, 0.6) is 0 Å². The Kier molecular flexibility index (Phi) is 6.66. The van der Waals surface area contributed by atoms with Crippen molar-refractivity contribution in [2.24, 2.45) is 11.1 Å². The van der Waals surface area contributed by atoms with Gasteiger partial charge in [-0.3, -0.25) is 0 Å². The molecular weight excluding hydrogens is 272 g/mol. The van der Waals surface area contributed by atoms with E-state index in [4.69, 9.17) is 4.84 Å². The lowest BCUT2D eigenvalue weighted by Gasteiger charge is -2.14. The third-order valence-electron chi connectivity index (χ3n) is 4.02. The quantitative estimate of drug-likeness (QED) is 0.402. The highest BCUT2D eigenvalue weighted by Gasteiger charge is 2.11. The molecule has 3 nitrogen and oxygen atoms in total. The molecule has 0 radical (unpaired) electrons. The summed E-state index contributed by atoms with van der Waals surface area (Å²) in [7, 11) is 0. The summed E-state index contributed by atoms with van der Waals surface area (Å²) in [6.45, 7) is 11.9. The molecule has 1 aromatic carbocycles. The Morgan fingerprint density at radius 2 is 1.91 bits per heavy atom. The van der Waals surface area contributed by atoms with Crippen molar-refractivity contribution >= 4 is 5.71 Å². The number of likely N-dealkylation sites (tertiary alicyclic amines) is 1. The number of rotatable bonds is 8. The van der Waals surface area contributed by atoms with Crippen molar-refractivity contribution in [2.75, 3.05) is 19.6 Å². The number of hydrogen-bond donors (Lipinski definition) is 0. The molecule has 1 fully saturated rings. The van der Waals surface area contributed by atoms with Crippen molar-refractivity contribution in [1.29, 1.82) is 0 Å². The average Bonchev–Trinajstić information content (AvgIpc) is 3.01. The summed E-state index contributed by atoms with van der Waals surface area (Å²) in [4.78, 5) is 8.07. The molecule has 1 saturated heterocycles. The fraction of sp³-hybridized carbons (Fsp3) is 0.526. The van der Waals surface area contributed by atoms with Crippen molar-refractivity contribution in [2.45, 2.75) is 39.5 Å². The van der Waals surface area contributed by atoms with Gasteiger partial charge in [0.25, 0.3) is 0 Å². The van der Waals surface area contributed by atoms with Crippen LogP contribution in [-0.4, -0.2) is 30.2 Å². The van der Waals surface area contributed by atoms with Crippen LogP contribution < -0.4 is 0 Å². The number of benzene rings is 1. The molecule has 0 unspecified atom stereocenters. The first-order valence-corrected chi connectivity index (χ1v) is 8.37. The zero-order valence-corrected chi connectivity index (χ0v) is 13.9. The van der Waals surface area contributed by atoms with Crippen LogP contribution in [-0.2, 0) is 4.84 Å². The van der Waals surface area contributed by atoms with Crippen LogP contribution >= 0.6 is 0 Å². The molecule has 3 heteroatoms. The van der Waals surface area contributed by atoms with Crippen molar-refractivity contribution < 1.29 is 4.84 Å². The molecule has 120 valence electrons. The summed E-state index contributed by atoms with van der Waals surface area (Å²) in [6, 6.07) is 10.2. The maximum Gasteiger partial charge on any atom is 0.127 e. The van der Waals surface area contributed by atoms with Gasteiger partial charge in [-0.25, -0.2) is 0 Å². The van der Waals surface area contributed by atoms with Crippen LogP contribution in [0.25, 0.3) is 0 Å². The largest absolute Gasteiger partial charge is 0.362 e. The van der Waals surface area contributed by atoms with Gasteiger partial charge in [0.05, 0.1) is 5.71 Å². The molecular formula is C19H28N2O. The predicted octanol–water partition coefficient (Wildman–Crippen LogP) is 4.45. The van der Waals surface area contributed by atoms with E-state index in [-0.39, 0.29) is 0 Å². The molecule has 1 aliphatic heterocycles. The van der Waals surface area contributed by atoms with Crippen LogP contribution in [0, 0.1) is 5.92 Å². The van der Waals surface area contributed by atoms with Crippen molar-refractivity contribution in [3.63, 3.8) is 0 Å². The minimum Gasteiger partial charge on any atom is -0.362 e. The van der Waals surface area contributed by atoms with E-state index in [1.54, 1.807) is 0 Å². The van der Waals surface area contributed by atoms with Crippen LogP contribution in [0.4, 0.5) is 0 Å². The van der Waals surface area contributed by atoms with Crippen LogP contribution in [0.15, 0.2) is 47.8 Å². The normalized spacial score (nSPS) is 16.2. The van der Waals surface area contributed by atoms with Gasteiger partial charge in [0.1, 0.15) is 5.76 Å². The highest BCUT2D eigenvalue weighted by molar-refractivity contribution is 6.01. The van der Waals surface area contributed by atoms with Gasteiger partial charge >= 0.3 is 0 Å². The molecule has 0 N–H and O–H groups in total. The molecule has 1 aliphatic rings. The number of hydrogen-bond acceptors (Lipinski definition) is 3. The van der Waals surface area contributed by atoms with Gasteiger partial charge < -0.3 is 9.74 Å². The van der Waals surface area contributed by atoms with Gasteiger partial charge in [-0.2, -0.15) is 0 Å². The molecule has 0 bridgehead atoms. The minimum absolute atomic E-state index is 0.319. The summed E-state index contributed by atoms with van der Waals surface area (Å²) >= 11 is 0. The third-order valence-corrected chi connectivity index (χ3v) is 4.02. The van der Waals surface area contributed by atoms with E-state index in [1.165, 1.54) is 25.9 Å². The maximum atomic E-state index is 5.56. The topological polar surface area (TPSA) is 24.8 Å². The highest BCUT2D eigenvalue weighted by atomic mass is 16.6. The second kappa shape index (κ2) is 8.74. The summed E-state index contributed by atoms with van der Waals surface area (Å²) < 4.78 is 0. The molecule has 0 aromatic heterocycles. The molecule has 0 aliphatic carbocycles. The molecule has 0 spiro atoms. The monoisotopic (exact) mass is 300 g/mol. The molecule has 0 saturated carbocycles. The number of allylic oxidation sites excluding steroid dienone is 1. The fourth-order valence-corrected chi connectivity index (χ4v) is 2.77. The van der Waals surface area contributed by atoms with Crippen molar-refractivity contribution in [3.05, 3.63) is 48.2 Å². The van der Waals surface area contributed by atoms with Crippen LogP contribution in [0.1, 0.15) is 45.1 Å². The van der Waals surface area contributed by atoms with E-state index in [0.29, 0.717) is 5.92 Å². The fourth-order valence-electron chi connectivity index (χ4n) is 2.77. The standard InChI is InChI=1S/C19H28N2O/c1-16(2)19(18-11-5-4-6-12-18)20-22-17(3)10-9-15-21-13-7-8-14-21/h4-6,11-12,16H,3,7-10,13-15H2,1-2H3/b20-19+. The lowest BCUT2D eigenvalue weighted by Crippen LogP contribution is -2.20. The first-order chi connectivity index (χ1) is 10.7. The van der Waals surface area contributed by atoms with E-state index >= 15 is 0 Å². The molecule has 0 amide bonds. The van der Waals surface area contributed by atoms with Gasteiger partial charge in [-0.05, 0) is 50.4 Å². The zero-order chi connectivity index (χ0) is 15.8. The van der Waals surface area contributed by atoms with E-state index in [0.717, 1.165) is 36.4 Å². The SMILES string of the molecule is C=C(CCCN1CCCC1)O/N=C(/c1ccccc1)C(C)C. The van der Waals surface area contributed by atoms with Gasteiger partial charge in [-0.15, -0.1) is 0 Å². The lowest BCUT2D eigenvalue weighted by atomic mass is 10.0. The van der Waals surface area contributed by atoms with E-state index < -0.39 is 0 Å². The molecule has 22 heavy (non-hydrogen) atoms. The Hall–Kier alpha value is -1.61. The Bertz CT molecular complexity index is 487. The number of oxime groups is 1. The average molecular weight is 300 g/mol. The highest BCUT2D eigenvalue weighted by Crippen LogP contribution is 2.14. The third kappa shape index (κ3) is 5.30. The van der Waals surface area contributed by atoms with E-state index in [1.807, 2.05) is 18.2 Å². The summed E-state index contributed by atoms with van der Waals surface area (Å²) in [5, 5.41) is 4.35. The summed E-state index contributed by atoms with van der Waals surface area (Å²) in [5.41, 5.74) is 2.09. The van der Waals surface area contributed by atoms with Crippen LogP contribution in [0.3, 0.4) is 0 Å². The zero-order valence-electron chi connectivity index (χ0n) is 13.9. The number of nitrogens with zero attached hydrogens (tertiary/aromatic N) is 2. The van der Waals surface area contributed by atoms with Gasteiger partial charge in [0.2, 0.25) is 0 Å². The first-order valence-electron chi connectivity index (χ1n) is 8.37. The molecule has 2 rings (SSSR count). The molecule has 1 aromatic rings. The minimum atomic E-state index is 0.319. The summed E-state index contributed by atoms with van der Waals surface area (Å²) in [6.07, 6.45) is 4.66. The predicted molar refractivity (Wildman–Crippen MR) is 93.0 cm³/mol. The lowest BCUT2D eigenvalue weighted by molar-refractivity contribution is 0.210.